The van der Waals surface area contributed by atoms with E-state index >= 15 is 0 Å². The summed E-state index contributed by atoms with van der Waals surface area (Å²) in [5.41, 5.74) is 0. The number of hydrogen-bond donors (Lipinski definition) is 2. The van der Waals surface area contributed by atoms with Crippen LogP contribution in [0, 0.1) is 3.57 Å². The molecule has 0 aliphatic carbocycles. The van der Waals surface area contributed by atoms with Crippen molar-refractivity contribution in [2.24, 2.45) is 0 Å². The maximum atomic E-state index is 12.1. The molecule has 25 heavy (non-hydrogen) atoms. The molecule has 0 fully saturated rings. The van der Waals surface area contributed by atoms with Crippen LogP contribution in [0.4, 0.5) is 18.0 Å². The van der Waals surface area contributed by atoms with Gasteiger partial charge in [0.1, 0.15) is 10.6 Å². The lowest BCUT2D eigenvalue weighted by molar-refractivity contribution is -0.145. The SMILES string of the molecule is O=C(NC(F)(F)F)NS(=O)(=O)c1cnccc1Oc1cccc(I)c1. The van der Waals surface area contributed by atoms with Gasteiger partial charge in [-0.15, -0.1) is 0 Å². The number of benzene rings is 1. The molecule has 2 N–H and O–H groups in total. The molecular weight excluding hydrogens is 478 g/mol. The quantitative estimate of drug-likeness (QED) is 0.511. The number of hydrogen-bond acceptors (Lipinski definition) is 5. The number of amides is 2. The summed E-state index contributed by atoms with van der Waals surface area (Å²) in [6.07, 6.45) is -2.99. The summed E-state index contributed by atoms with van der Waals surface area (Å²) in [4.78, 5) is 14.2. The van der Waals surface area contributed by atoms with Gasteiger partial charge in [-0.2, -0.15) is 13.2 Å². The van der Waals surface area contributed by atoms with Gasteiger partial charge in [0, 0.05) is 15.8 Å². The highest BCUT2D eigenvalue weighted by molar-refractivity contribution is 14.1. The third kappa shape index (κ3) is 5.74. The number of halogens is 4. The Labute approximate surface area is 153 Å². The second-order valence-electron chi connectivity index (χ2n) is 4.44. The third-order valence-corrected chi connectivity index (χ3v) is 4.55. The lowest BCUT2D eigenvalue weighted by atomic mass is 10.3. The van der Waals surface area contributed by atoms with Crippen molar-refractivity contribution in [3.63, 3.8) is 0 Å². The van der Waals surface area contributed by atoms with Crippen LogP contribution in [0.5, 0.6) is 11.5 Å². The van der Waals surface area contributed by atoms with Crippen molar-refractivity contribution >= 4 is 38.6 Å². The van der Waals surface area contributed by atoms with Crippen molar-refractivity contribution in [2.75, 3.05) is 0 Å². The monoisotopic (exact) mass is 487 g/mol. The van der Waals surface area contributed by atoms with E-state index in [1.54, 1.807) is 24.3 Å². The fourth-order valence-corrected chi connectivity index (χ4v) is 3.14. The van der Waals surface area contributed by atoms with Crippen LogP contribution in [0.3, 0.4) is 0 Å². The van der Waals surface area contributed by atoms with Crippen LogP contribution in [0.1, 0.15) is 0 Å². The molecule has 2 amide bonds. The van der Waals surface area contributed by atoms with Crippen LogP contribution < -0.4 is 14.8 Å². The zero-order chi connectivity index (χ0) is 18.7. The first kappa shape index (κ1) is 19.2. The summed E-state index contributed by atoms with van der Waals surface area (Å²) in [7, 11) is -4.64. The molecular formula is C13H9F3IN3O4S. The lowest BCUT2D eigenvalue weighted by Crippen LogP contribution is -2.46. The van der Waals surface area contributed by atoms with Crippen molar-refractivity contribution in [2.45, 2.75) is 11.2 Å². The van der Waals surface area contributed by atoms with Crippen molar-refractivity contribution in [1.82, 2.24) is 15.0 Å². The highest BCUT2D eigenvalue weighted by Gasteiger charge is 2.32. The zero-order valence-electron chi connectivity index (χ0n) is 12.0. The van der Waals surface area contributed by atoms with Gasteiger partial charge < -0.3 is 4.74 Å². The van der Waals surface area contributed by atoms with Crippen LogP contribution >= 0.6 is 22.6 Å². The topological polar surface area (TPSA) is 97.4 Å². The highest BCUT2D eigenvalue weighted by Crippen LogP contribution is 2.28. The van der Waals surface area contributed by atoms with Crippen molar-refractivity contribution < 1.29 is 31.1 Å². The number of aromatic nitrogens is 1. The molecule has 12 heteroatoms. The number of pyridine rings is 1. The molecule has 1 aromatic heterocycles. The number of sulfonamides is 1. The summed E-state index contributed by atoms with van der Waals surface area (Å²) in [5.74, 6) is 0.0959. The Bertz CT molecular complexity index is 890. The first-order valence-electron chi connectivity index (χ1n) is 6.36. The molecule has 0 unspecified atom stereocenters. The number of alkyl halides is 3. The van der Waals surface area contributed by atoms with E-state index in [2.05, 4.69) is 4.98 Å². The summed E-state index contributed by atoms with van der Waals surface area (Å²) in [6, 6.07) is 5.87. The largest absolute Gasteiger partial charge is 0.485 e. The number of carbonyl (C=O) groups excluding carboxylic acids is 1. The smallest absolute Gasteiger partial charge is 0.456 e. The first-order chi connectivity index (χ1) is 11.6. The van der Waals surface area contributed by atoms with E-state index in [4.69, 9.17) is 4.74 Å². The van der Waals surface area contributed by atoms with E-state index in [0.717, 1.165) is 9.77 Å². The number of carbonyl (C=O) groups is 1. The Morgan fingerprint density at radius 1 is 1.24 bits per heavy atom. The van der Waals surface area contributed by atoms with Gasteiger partial charge in [-0.25, -0.2) is 23.3 Å². The number of ether oxygens (including phenoxy) is 1. The van der Waals surface area contributed by atoms with Gasteiger partial charge in [0.25, 0.3) is 10.0 Å². The maximum Gasteiger partial charge on any atom is 0.485 e. The van der Waals surface area contributed by atoms with Crippen molar-refractivity contribution in [3.05, 3.63) is 46.3 Å². The van der Waals surface area contributed by atoms with Crippen LogP contribution in [0.2, 0.25) is 0 Å². The second-order valence-corrected chi connectivity index (χ2v) is 7.34. The molecule has 1 aromatic carbocycles. The molecule has 0 atom stereocenters. The molecule has 0 saturated heterocycles. The van der Waals surface area contributed by atoms with Crippen LogP contribution in [-0.4, -0.2) is 25.7 Å². The van der Waals surface area contributed by atoms with Gasteiger partial charge >= 0.3 is 12.3 Å². The summed E-state index contributed by atoms with van der Waals surface area (Å²) in [6.45, 7) is 0. The van der Waals surface area contributed by atoms with E-state index in [1.165, 1.54) is 17.0 Å². The van der Waals surface area contributed by atoms with E-state index in [1.807, 2.05) is 22.6 Å². The van der Waals surface area contributed by atoms with Gasteiger partial charge in [0.2, 0.25) is 0 Å². The van der Waals surface area contributed by atoms with E-state index in [9.17, 15) is 26.4 Å². The van der Waals surface area contributed by atoms with Gasteiger partial charge in [0.05, 0.1) is 6.20 Å². The van der Waals surface area contributed by atoms with Crippen molar-refractivity contribution in [1.29, 1.82) is 0 Å². The summed E-state index contributed by atoms with van der Waals surface area (Å²) >= 11 is 2.02. The van der Waals surface area contributed by atoms with Gasteiger partial charge in [-0.3, -0.25) is 4.98 Å². The second kappa shape index (κ2) is 7.43. The van der Waals surface area contributed by atoms with Crippen LogP contribution in [-0.2, 0) is 10.0 Å². The summed E-state index contributed by atoms with van der Waals surface area (Å²) < 4.78 is 68.0. The summed E-state index contributed by atoms with van der Waals surface area (Å²) in [5, 5.41) is 0.530. The minimum Gasteiger partial charge on any atom is -0.456 e. The van der Waals surface area contributed by atoms with E-state index in [-0.39, 0.29) is 5.75 Å². The van der Waals surface area contributed by atoms with Gasteiger partial charge in [-0.1, -0.05) is 6.07 Å². The minimum atomic E-state index is -5.07. The lowest BCUT2D eigenvalue weighted by Gasteiger charge is -2.13. The fraction of sp³-hybridized carbons (Fsp3) is 0.0769. The third-order valence-electron chi connectivity index (χ3n) is 2.54. The predicted octanol–water partition coefficient (Wildman–Crippen LogP) is 2.99. The molecule has 0 spiro atoms. The zero-order valence-corrected chi connectivity index (χ0v) is 15.0. The standard InChI is InChI=1S/C13H9F3IN3O4S/c14-13(15,16)19-12(21)20-25(22,23)11-7-18-5-4-10(11)24-9-3-1-2-8(17)6-9/h1-7H,(H2,19,20,21). The molecule has 0 radical (unpaired) electrons. The van der Waals surface area contributed by atoms with E-state index < -0.39 is 27.3 Å². The molecule has 1 heterocycles. The average molecular weight is 487 g/mol. The Morgan fingerprint density at radius 3 is 2.60 bits per heavy atom. The molecule has 0 saturated carbocycles. The van der Waals surface area contributed by atoms with Gasteiger partial charge in [0.15, 0.2) is 5.75 Å². The number of nitrogens with one attached hydrogen (secondary N) is 2. The molecule has 134 valence electrons. The Kier molecular flexibility index (Phi) is 5.72. The van der Waals surface area contributed by atoms with Crippen LogP contribution in [0.15, 0.2) is 47.6 Å². The number of urea groups is 1. The molecule has 0 aliphatic rings. The molecule has 0 aliphatic heterocycles. The van der Waals surface area contributed by atoms with Gasteiger partial charge in [-0.05, 0) is 40.8 Å². The Hall–Kier alpha value is -2.09. The Morgan fingerprint density at radius 2 is 1.96 bits per heavy atom. The normalized spacial score (nSPS) is 11.7. The number of rotatable bonds is 4. The molecule has 7 nitrogen and oxygen atoms in total. The molecule has 2 rings (SSSR count). The highest BCUT2D eigenvalue weighted by atomic mass is 127. The average Bonchev–Trinajstić information content (AvgIpc) is 2.45. The Balaban J connectivity index is 2.28. The van der Waals surface area contributed by atoms with E-state index in [0.29, 0.717) is 11.1 Å². The minimum absolute atomic E-state index is 0.204. The number of nitrogens with zero attached hydrogens (tertiary/aromatic N) is 1. The first-order valence-corrected chi connectivity index (χ1v) is 8.92. The molecule has 0 bridgehead atoms. The van der Waals surface area contributed by atoms with Crippen molar-refractivity contribution in [3.8, 4) is 11.5 Å². The maximum absolute atomic E-state index is 12.1. The van der Waals surface area contributed by atoms with Crippen LogP contribution in [0.25, 0.3) is 0 Å². The predicted molar refractivity (Wildman–Crippen MR) is 88.4 cm³/mol. The molecule has 2 aromatic rings. The fourth-order valence-electron chi connectivity index (χ4n) is 1.64.